The molecule has 1 aromatic carbocycles. The van der Waals surface area contributed by atoms with Gasteiger partial charge in [-0.3, -0.25) is 10.1 Å². The summed E-state index contributed by atoms with van der Waals surface area (Å²) in [5, 5.41) is 9.73. The minimum Gasteiger partial charge on any atom is -0.393 e. The molecule has 0 aliphatic carbocycles. The molecular weight excluding hydrogens is 237 g/mol. The maximum absolute atomic E-state index is 12.2. The van der Waals surface area contributed by atoms with E-state index in [9.17, 15) is 23.3 Å². The number of nitrogens with zero attached hydrogens (tertiary/aromatic N) is 1. The third kappa shape index (κ3) is 2.30. The Morgan fingerprint density at radius 2 is 1.93 bits per heavy atom. The first-order chi connectivity index (χ1) is 6.73. The fourth-order valence-electron chi connectivity index (χ4n) is 0.977. The van der Waals surface area contributed by atoms with Crippen molar-refractivity contribution in [3.63, 3.8) is 0 Å². The van der Waals surface area contributed by atoms with Crippen LogP contribution >= 0.6 is 11.6 Å². The van der Waals surface area contributed by atoms with Crippen LogP contribution in [0, 0.1) is 10.1 Å². The molecule has 0 fully saturated rings. The normalized spacial score (nSPS) is 11.5. The van der Waals surface area contributed by atoms with Gasteiger partial charge in [-0.25, -0.2) is 0 Å². The summed E-state index contributed by atoms with van der Waals surface area (Å²) in [6, 6.07) is 0.945. The smallest absolute Gasteiger partial charge is 0.393 e. The molecule has 0 unspecified atom stereocenters. The minimum absolute atomic E-state index is 0.468. The number of hydrogen-bond acceptors (Lipinski definition) is 3. The zero-order valence-electron chi connectivity index (χ0n) is 7.01. The van der Waals surface area contributed by atoms with Gasteiger partial charge in [-0.05, 0) is 12.1 Å². The van der Waals surface area contributed by atoms with E-state index in [1.54, 1.807) is 0 Å². The van der Waals surface area contributed by atoms with E-state index >= 15 is 0 Å². The van der Waals surface area contributed by atoms with Gasteiger partial charge in [0.05, 0.1) is 10.5 Å². The van der Waals surface area contributed by atoms with Crippen LogP contribution in [0.4, 0.5) is 24.5 Å². The number of rotatable bonds is 1. The van der Waals surface area contributed by atoms with E-state index in [4.69, 9.17) is 17.3 Å². The number of hydrogen-bond donors (Lipinski definition) is 1. The Balaban J connectivity index is 3.39. The maximum atomic E-state index is 12.2. The second kappa shape index (κ2) is 3.58. The monoisotopic (exact) mass is 240 g/mol. The van der Waals surface area contributed by atoms with Crippen molar-refractivity contribution >= 4 is 23.0 Å². The Hall–Kier alpha value is -1.50. The third-order valence-corrected chi connectivity index (χ3v) is 1.89. The Morgan fingerprint density at radius 3 is 2.27 bits per heavy atom. The van der Waals surface area contributed by atoms with Crippen molar-refractivity contribution in [2.24, 2.45) is 0 Å². The highest BCUT2D eigenvalue weighted by molar-refractivity contribution is 6.33. The summed E-state index contributed by atoms with van der Waals surface area (Å²) in [4.78, 5) is 9.43. The average Bonchev–Trinajstić information content (AvgIpc) is 1.99. The lowest BCUT2D eigenvalue weighted by molar-refractivity contribution is -0.383. The van der Waals surface area contributed by atoms with Gasteiger partial charge < -0.3 is 5.73 Å². The lowest BCUT2D eigenvalue weighted by Crippen LogP contribution is -2.07. The van der Waals surface area contributed by atoms with Crippen LogP contribution in [-0.2, 0) is 6.18 Å². The van der Waals surface area contributed by atoms with Gasteiger partial charge in [0.25, 0.3) is 0 Å². The van der Waals surface area contributed by atoms with Crippen LogP contribution in [-0.4, -0.2) is 4.92 Å². The van der Waals surface area contributed by atoms with Gasteiger partial charge in [0.1, 0.15) is 10.7 Å². The highest BCUT2D eigenvalue weighted by Crippen LogP contribution is 2.38. The van der Waals surface area contributed by atoms with Crippen molar-refractivity contribution in [1.29, 1.82) is 0 Å². The number of halogens is 4. The van der Waals surface area contributed by atoms with Crippen molar-refractivity contribution in [3.05, 3.63) is 32.8 Å². The predicted octanol–water partition coefficient (Wildman–Crippen LogP) is 2.85. The SMILES string of the molecule is Nc1cc(C(F)(F)F)cc(Cl)c1[N+](=O)[O-]. The lowest BCUT2D eigenvalue weighted by atomic mass is 10.1. The molecule has 0 radical (unpaired) electrons. The number of nitrogens with two attached hydrogens (primary N) is 1. The molecule has 15 heavy (non-hydrogen) atoms. The molecule has 0 atom stereocenters. The Kier molecular flexibility index (Phi) is 2.76. The second-order valence-corrected chi connectivity index (χ2v) is 3.06. The molecule has 2 N–H and O–H groups in total. The van der Waals surface area contributed by atoms with Crippen LogP contribution in [0.2, 0.25) is 5.02 Å². The maximum Gasteiger partial charge on any atom is 0.416 e. The standard InChI is InChI=1S/C7H4ClF3N2O2/c8-4-1-3(7(9,10)11)2-5(12)6(4)13(14)15/h1-2H,12H2. The first-order valence-electron chi connectivity index (χ1n) is 3.54. The molecule has 82 valence electrons. The molecule has 8 heteroatoms. The van der Waals surface area contributed by atoms with Crippen LogP contribution in [0.1, 0.15) is 5.56 Å². The fraction of sp³-hybridized carbons (Fsp3) is 0.143. The molecule has 4 nitrogen and oxygen atoms in total. The molecule has 0 heterocycles. The summed E-state index contributed by atoms with van der Waals surface area (Å²) in [5.74, 6) is 0. The van der Waals surface area contributed by atoms with Gasteiger partial charge in [0.15, 0.2) is 0 Å². The highest BCUT2D eigenvalue weighted by atomic mass is 35.5. The summed E-state index contributed by atoms with van der Waals surface area (Å²) in [6.45, 7) is 0. The zero-order valence-corrected chi connectivity index (χ0v) is 7.76. The minimum atomic E-state index is -4.63. The van der Waals surface area contributed by atoms with E-state index in [2.05, 4.69) is 0 Å². The molecule has 0 saturated heterocycles. The average molecular weight is 241 g/mol. The summed E-state index contributed by atoms with van der Waals surface area (Å²) < 4.78 is 36.6. The van der Waals surface area contributed by atoms with E-state index < -0.39 is 33.1 Å². The number of nitrogen functional groups attached to an aromatic ring is 1. The number of anilines is 1. The van der Waals surface area contributed by atoms with Crippen molar-refractivity contribution in [2.45, 2.75) is 6.18 Å². The van der Waals surface area contributed by atoms with Gasteiger partial charge in [0, 0.05) is 0 Å². The Labute approximate surface area is 86.6 Å². The molecule has 0 aliphatic rings. The van der Waals surface area contributed by atoms with Gasteiger partial charge in [-0.2, -0.15) is 13.2 Å². The van der Waals surface area contributed by atoms with Crippen LogP contribution in [0.3, 0.4) is 0 Å². The van der Waals surface area contributed by atoms with Crippen molar-refractivity contribution < 1.29 is 18.1 Å². The first-order valence-corrected chi connectivity index (χ1v) is 3.92. The van der Waals surface area contributed by atoms with Crippen molar-refractivity contribution in [3.8, 4) is 0 Å². The predicted molar refractivity (Wildman–Crippen MR) is 47.5 cm³/mol. The topological polar surface area (TPSA) is 69.2 Å². The van der Waals surface area contributed by atoms with Crippen LogP contribution in [0.5, 0.6) is 0 Å². The quantitative estimate of drug-likeness (QED) is 0.466. The van der Waals surface area contributed by atoms with Crippen LogP contribution in [0.25, 0.3) is 0 Å². The lowest BCUT2D eigenvalue weighted by Gasteiger charge is -2.08. The van der Waals surface area contributed by atoms with E-state index in [0.29, 0.717) is 12.1 Å². The Morgan fingerprint density at radius 1 is 1.40 bits per heavy atom. The van der Waals surface area contributed by atoms with Crippen molar-refractivity contribution in [1.82, 2.24) is 0 Å². The molecular formula is C7H4ClF3N2O2. The van der Waals surface area contributed by atoms with Crippen molar-refractivity contribution in [2.75, 3.05) is 5.73 Å². The zero-order chi connectivity index (χ0) is 11.8. The van der Waals surface area contributed by atoms with Gasteiger partial charge >= 0.3 is 11.9 Å². The largest absolute Gasteiger partial charge is 0.416 e. The molecule has 1 aromatic rings. The number of alkyl halides is 3. The molecule has 0 bridgehead atoms. The molecule has 0 aromatic heterocycles. The highest BCUT2D eigenvalue weighted by Gasteiger charge is 2.33. The number of nitro groups is 1. The summed E-state index contributed by atoms with van der Waals surface area (Å²) >= 11 is 5.31. The molecule has 0 aliphatic heterocycles. The third-order valence-electron chi connectivity index (χ3n) is 1.60. The van der Waals surface area contributed by atoms with E-state index in [0.717, 1.165) is 0 Å². The van der Waals surface area contributed by atoms with Crippen LogP contribution < -0.4 is 5.73 Å². The van der Waals surface area contributed by atoms with E-state index in [1.165, 1.54) is 0 Å². The van der Waals surface area contributed by atoms with Crippen LogP contribution in [0.15, 0.2) is 12.1 Å². The molecule has 0 spiro atoms. The fourth-order valence-corrected chi connectivity index (χ4v) is 1.27. The van der Waals surface area contributed by atoms with E-state index in [-0.39, 0.29) is 0 Å². The first kappa shape index (κ1) is 11.6. The molecule has 0 saturated carbocycles. The second-order valence-electron chi connectivity index (χ2n) is 2.65. The van der Waals surface area contributed by atoms with Gasteiger partial charge in [-0.15, -0.1) is 0 Å². The number of nitro benzene ring substituents is 1. The van der Waals surface area contributed by atoms with Gasteiger partial charge in [-0.1, -0.05) is 11.6 Å². The Bertz CT molecular complexity index is 396. The molecule has 0 amide bonds. The summed E-state index contributed by atoms with van der Waals surface area (Å²) in [6.07, 6.45) is -4.63. The summed E-state index contributed by atoms with van der Waals surface area (Å²) in [5.41, 5.74) is 2.65. The molecule has 1 rings (SSSR count). The number of benzene rings is 1. The van der Waals surface area contributed by atoms with E-state index in [1.807, 2.05) is 0 Å². The summed E-state index contributed by atoms with van der Waals surface area (Å²) in [7, 11) is 0. The van der Waals surface area contributed by atoms with Gasteiger partial charge in [0.2, 0.25) is 0 Å².